The average Bonchev–Trinajstić information content (AvgIpc) is 2.60. The van der Waals surface area contributed by atoms with Crippen molar-refractivity contribution in [2.75, 3.05) is 31.5 Å². The predicted octanol–water partition coefficient (Wildman–Crippen LogP) is 1.89. The van der Waals surface area contributed by atoms with Gasteiger partial charge >= 0.3 is 18.0 Å². The summed E-state index contributed by atoms with van der Waals surface area (Å²) in [6, 6.07) is 8.21. The van der Waals surface area contributed by atoms with Crippen molar-refractivity contribution in [3.8, 4) is 6.07 Å². The van der Waals surface area contributed by atoms with Crippen LogP contribution < -0.4 is 10.6 Å². The first-order chi connectivity index (χ1) is 12.3. The highest BCUT2D eigenvalue weighted by Crippen LogP contribution is 2.22. The summed E-state index contributed by atoms with van der Waals surface area (Å²) in [6.07, 6.45) is -3.16. The summed E-state index contributed by atoms with van der Waals surface area (Å²) >= 11 is 0. The molecule has 1 aromatic rings. The largest absolute Gasteiger partial charge is 0.401 e. The van der Waals surface area contributed by atoms with Crippen LogP contribution in [0, 0.1) is 17.2 Å². The van der Waals surface area contributed by atoms with E-state index in [0.717, 1.165) is 0 Å². The molecule has 0 radical (unpaired) electrons. The number of hydrogen-bond acceptors (Lipinski definition) is 4. The fraction of sp³-hybridized carbons (Fsp3) is 0.471. The molecule has 1 heterocycles. The molecule has 6 nitrogen and oxygen atoms in total. The SMILES string of the molecule is N#Cc1ccccc1NC(=O)C(=O)NCC1CCN(CC(F)(F)F)CC1. The van der Waals surface area contributed by atoms with Crippen LogP contribution in [0.2, 0.25) is 0 Å². The number of amides is 2. The van der Waals surface area contributed by atoms with Gasteiger partial charge in [-0.1, -0.05) is 12.1 Å². The molecule has 1 saturated heterocycles. The molecule has 1 fully saturated rings. The first-order valence-corrected chi connectivity index (χ1v) is 8.16. The van der Waals surface area contributed by atoms with Gasteiger partial charge in [-0.2, -0.15) is 18.4 Å². The zero-order valence-electron chi connectivity index (χ0n) is 14.0. The van der Waals surface area contributed by atoms with Gasteiger partial charge in [0.2, 0.25) is 0 Å². The Morgan fingerprint density at radius 2 is 1.85 bits per heavy atom. The lowest BCUT2D eigenvalue weighted by Crippen LogP contribution is -2.44. The van der Waals surface area contributed by atoms with Gasteiger partial charge in [-0.05, 0) is 44.0 Å². The van der Waals surface area contributed by atoms with Crippen molar-refractivity contribution in [2.45, 2.75) is 19.0 Å². The van der Waals surface area contributed by atoms with Crippen molar-refractivity contribution < 1.29 is 22.8 Å². The fourth-order valence-electron chi connectivity index (χ4n) is 2.79. The molecule has 0 bridgehead atoms. The maximum Gasteiger partial charge on any atom is 0.401 e. The van der Waals surface area contributed by atoms with Gasteiger partial charge < -0.3 is 10.6 Å². The molecule has 0 saturated carbocycles. The third-order valence-electron chi connectivity index (χ3n) is 4.16. The molecule has 0 spiro atoms. The Morgan fingerprint density at radius 1 is 1.19 bits per heavy atom. The van der Waals surface area contributed by atoms with E-state index in [9.17, 15) is 22.8 Å². The van der Waals surface area contributed by atoms with Crippen molar-refractivity contribution in [1.29, 1.82) is 5.26 Å². The lowest BCUT2D eigenvalue weighted by molar-refractivity contribution is -0.148. The van der Waals surface area contributed by atoms with Crippen molar-refractivity contribution in [3.05, 3.63) is 29.8 Å². The third kappa shape index (κ3) is 6.04. The van der Waals surface area contributed by atoms with Gasteiger partial charge in [0.1, 0.15) is 6.07 Å². The number of nitrogens with zero attached hydrogens (tertiary/aromatic N) is 2. The zero-order chi connectivity index (χ0) is 19.2. The summed E-state index contributed by atoms with van der Waals surface area (Å²) in [6.45, 7) is -0.0810. The van der Waals surface area contributed by atoms with Gasteiger partial charge in [-0.25, -0.2) is 0 Å². The van der Waals surface area contributed by atoms with E-state index in [1.807, 2.05) is 6.07 Å². The van der Waals surface area contributed by atoms with Gasteiger partial charge in [0, 0.05) is 6.54 Å². The number of nitriles is 1. The Balaban J connectivity index is 1.75. The number of benzene rings is 1. The van der Waals surface area contributed by atoms with Crippen LogP contribution in [0.4, 0.5) is 18.9 Å². The van der Waals surface area contributed by atoms with Gasteiger partial charge in [0.25, 0.3) is 0 Å². The fourth-order valence-corrected chi connectivity index (χ4v) is 2.79. The summed E-state index contributed by atoms with van der Waals surface area (Å²) in [4.78, 5) is 25.1. The quantitative estimate of drug-likeness (QED) is 0.795. The van der Waals surface area contributed by atoms with E-state index in [2.05, 4.69) is 10.6 Å². The minimum absolute atomic E-state index is 0.0302. The summed E-state index contributed by atoms with van der Waals surface area (Å²) in [5.74, 6) is -1.69. The number of halogens is 3. The Morgan fingerprint density at radius 3 is 2.46 bits per heavy atom. The van der Waals surface area contributed by atoms with Crippen LogP contribution >= 0.6 is 0 Å². The van der Waals surface area contributed by atoms with Crippen LogP contribution in [-0.2, 0) is 9.59 Å². The second-order valence-corrected chi connectivity index (χ2v) is 6.16. The summed E-state index contributed by atoms with van der Waals surface area (Å²) < 4.78 is 37.0. The molecule has 0 aliphatic carbocycles. The molecule has 2 N–H and O–H groups in total. The minimum Gasteiger partial charge on any atom is -0.348 e. The van der Waals surface area contributed by atoms with Gasteiger partial charge in [0.05, 0.1) is 17.8 Å². The number of anilines is 1. The van der Waals surface area contributed by atoms with Crippen LogP contribution in [-0.4, -0.2) is 49.1 Å². The maximum atomic E-state index is 12.3. The molecule has 2 rings (SSSR count). The molecule has 1 aliphatic rings. The van der Waals surface area contributed by atoms with E-state index in [-0.39, 0.29) is 23.7 Å². The highest BCUT2D eigenvalue weighted by Gasteiger charge is 2.32. The smallest absolute Gasteiger partial charge is 0.348 e. The van der Waals surface area contributed by atoms with Crippen molar-refractivity contribution in [3.63, 3.8) is 0 Å². The summed E-state index contributed by atoms with van der Waals surface area (Å²) in [7, 11) is 0. The first kappa shape index (κ1) is 19.7. The number of carbonyl (C=O) groups excluding carboxylic acids is 2. The number of alkyl halides is 3. The highest BCUT2D eigenvalue weighted by atomic mass is 19.4. The van der Waals surface area contributed by atoms with E-state index in [0.29, 0.717) is 25.9 Å². The average molecular weight is 368 g/mol. The van der Waals surface area contributed by atoms with Gasteiger partial charge in [-0.3, -0.25) is 14.5 Å². The van der Waals surface area contributed by atoms with Crippen molar-refractivity contribution >= 4 is 17.5 Å². The Kier molecular flexibility index (Phi) is 6.58. The maximum absolute atomic E-state index is 12.3. The molecule has 9 heteroatoms. The number of carbonyl (C=O) groups is 2. The summed E-state index contributed by atoms with van der Waals surface area (Å²) in [5.41, 5.74) is 0.487. The van der Waals surface area contributed by atoms with Crippen LogP contribution in [0.15, 0.2) is 24.3 Å². The van der Waals surface area contributed by atoms with Crippen LogP contribution in [0.25, 0.3) is 0 Å². The van der Waals surface area contributed by atoms with Gasteiger partial charge in [0.15, 0.2) is 0 Å². The normalized spacial score (nSPS) is 15.9. The molecule has 26 heavy (non-hydrogen) atoms. The molecular weight excluding hydrogens is 349 g/mol. The van der Waals surface area contributed by atoms with E-state index in [4.69, 9.17) is 5.26 Å². The molecule has 0 aromatic heterocycles. The van der Waals surface area contributed by atoms with Crippen LogP contribution in [0.1, 0.15) is 18.4 Å². The molecule has 1 aliphatic heterocycles. The number of nitrogens with one attached hydrogen (secondary N) is 2. The Bertz CT molecular complexity index is 692. The Hall–Kier alpha value is -2.60. The molecule has 2 amide bonds. The number of hydrogen-bond donors (Lipinski definition) is 2. The Labute approximate surface area is 149 Å². The monoisotopic (exact) mass is 368 g/mol. The second-order valence-electron chi connectivity index (χ2n) is 6.16. The number of rotatable bonds is 4. The van der Waals surface area contributed by atoms with Crippen molar-refractivity contribution in [2.24, 2.45) is 5.92 Å². The topological polar surface area (TPSA) is 85.2 Å². The lowest BCUT2D eigenvalue weighted by Gasteiger charge is -2.32. The number of likely N-dealkylation sites (tertiary alicyclic amines) is 1. The van der Waals surface area contributed by atoms with Crippen molar-refractivity contribution in [1.82, 2.24) is 10.2 Å². The molecule has 140 valence electrons. The highest BCUT2D eigenvalue weighted by molar-refractivity contribution is 6.39. The molecule has 1 aromatic carbocycles. The third-order valence-corrected chi connectivity index (χ3v) is 4.16. The zero-order valence-corrected chi connectivity index (χ0v) is 14.0. The standard InChI is InChI=1S/C17H19F3N4O2/c18-17(19,20)11-24-7-5-12(6-8-24)10-22-15(25)16(26)23-14-4-2-1-3-13(14)9-21/h1-4,12H,5-8,10-11H2,(H,22,25)(H,23,26). The predicted molar refractivity (Wildman–Crippen MR) is 88.0 cm³/mol. The van der Waals surface area contributed by atoms with E-state index in [1.165, 1.54) is 17.0 Å². The molecule has 0 atom stereocenters. The lowest BCUT2D eigenvalue weighted by atomic mass is 9.97. The number of piperidine rings is 1. The first-order valence-electron chi connectivity index (χ1n) is 8.16. The van der Waals surface area contributed by atoms with E-state index < -0.39 is 24.5 Å². The molecular formula is C17H19F3N4O2. The van der Waals surface area contributed by atoms with E-state index in [1.54, 1.807) is 12.1 Å². The van der Waals surface area contributed by atoms with Crippen LogP contribution in [0.3, 0.4) is 0 Å². The molecule has 0 unspecified atom stereocenters. The van der Waals surface area contributed by atoms with E-state index >= 15 is 0 Å². The summed E-state index contributed by atoms with van der Waals surface area (Å²) in [5, 5.41) is 13.8. The van der Waals surface area contributed by atoms with Crippen LogP contribution in [0.5, 0.6) is 0 Å². The minimum atomic E-state index is -4.21. The number of para-hydroxylation sites is 1. The van der Waals surface area contributed by atoms with Gasteiger partial charge in [-0.15, -0.1) is 0 Å². The second kappa shape index (κ2) is 8.67.